The molecule has 0 saturated heterocycles. The zero-order chi connectivity index (χ0) is 14.0. The van der Waals surface area contributed by atoms with Crippen molar-refractivity contribution in [3.8, 4) is 0 Å². The highest BCUT2D eigenvalue weighted by molar-refractivity contribution is 5.35. The van der Waals surface area contributed by atoms with Crippen LogP contribution in [0.15, 0.2) is 60.7 Å². The van der Waals surface area contributed by atoms with Crippen LogP contribution in [-0.2, 0) is 5.41 Å². The predicted molar refractivity (Wildman–Crippen MR) is 82.8 cm³/mol. The van der Waals surface area contributed by atoms with E-state index >= 15 is 0 Å². The second kappa shape index (κ2) is 5.41. The van der Waals surface area contributed by atoms with E-state index in [1.54, 1.807) is 0 Å². The van der Waals surface area contributed by atoms with Gasteiger partial charge in [-0.05, 0) is 35.8 Å². The highest BCUT2D eigenvalue weighted by atomic mass is 16.3. The molecule has 0 bridgehead atoms. The molecule has 1 aliphatic carbocycles. The molecule has 1 saturated carbocycles. The minimum Gasteiger partial charge on any atom is -0.395 e. The smallest absolute Gasteiger partial charge is 0.0530 e. The molecule has 104 valence electrons. The summed E-state index contributed by atoms with van der Waals surface area (Å²) in [7, 11) is 0. The van der Waals surface area contributed by atoms with Crippen LogP contribution in [0, 0.1) is 5.92 Å². The molecule has 3 atom stereocenters. The highest BCUT2D eigenvalue weighted by Crippen LogP contribution is 2.58. The number of rotatable bonds is 5. The van der Waals surface area contributed by atoms with Crippen molar-refractivity contribution in [2.75, 3.05) is 6.61 Å². The van der Waals surface area contributed by atoms with Gasteiger partial charge in [0.05, 0.1) is 6.61 Å². The number of aliphatic hydroxyl groups is 1. The number of benzene rings is 2. The van der Waals surface area contributed by atoms with Gasteiger partial charge in [-0.1, -0.05) is 67.6 Å². The first kappa shape index (κ1) is 13.4. The maximum absolute atomic E-state index is 10.1. The quantitative estimate of drug-likeness (QED) is 0.862. The lowest BCUT2D eigenvalue weighted by Gasteiger charge is -2.32. The van der Waals surface area contributed by atoms with Gasteiger partial charge in [0.15, 0.2) is 0 Å². The standard InChI is InChI=1S/C19H22O/c1-2-19(14-20,16-11-7-4-8-12-16)18-13-17(18)15-9-5-3-6-10-15/h3-12,17-18,20H,2,13-14H2,1H3. The lowest BCUT2D eigenvalue weighted by atomic mass is 9.73. The van der Waals surface area contributed by atoms with E-state index in [1.165, 1.54) is 17.5 Å². The highest BCUT2D eigenvalue weighted by Gasteiger charge is 2.52. The average Bonchev–Trinajstić information content (AvgIpc) is 3.32. The zero-order valence-corrected chi connectivity index (χ0v) is 12.0. The van der Waals surface area contributed by atoms with E-state index in [9.17, 15) is 5.11 Å². The maximum atomic E-state index is 10.1. The van der Waals surface area contributed by atoms with Crippen molar-refractivity contribution in [1.82, 2.24) is 0 Å². The van der Waals surface area contributed by atoms with Crippen molar-refractivity contribution in [3.05, 3.63) is 71.8 Å². The van der Waals surface area contributed by atoms with E-state index < -0.39 is 0 Å². The van der Waals surface area contributed by atoms with Crippen LogP contribution in [0.25, 0.3) is 0 Å². The predicted octanol–water partition coefficient (Wildman–Crippen LogP) is 4.13. The van der Waals surface area contributed by atoms with Crippen LogP contribution in [0.1, 0.15) is 36.8 Å². The molecule has 1 fully saturated rings. The molecule has 0 amide bonds. The Morgan fingerprint density at radius 1 is 1.00 bits per heavy atom. The lowest BCUT2D eigenvalue weighted by Crippen LogP contribution is -2.33. The summed E-state index contributed by atoms with van der Waals surface area (Å²) in [4.78, 5) is 0. The second-order valence-corrected chi connectivity index (χ2v) is 5.89. The molecular weight excluding hydrogens is 244 g/mol. The summed E-state index contributed by atoms with van der Waals surface area (Å²) in [5, 5.41) is 10.1. The summed E-state index contributed by atoms with van der Waals surface area (Å²) in [5.41, 5.74) is 2.62. The SMILES string of the molecule is CCC(CO)(c1ccccc1)C1CC1c1ccccc1. The Morgan fingerprint density at radius 3 is 2.15 bits per heavy atom. The summed E-state index contributed by atoms with van der Waals surface area (Å²) in [6, 6.07) is 21.3. The van der Waals surface area contributed by atoms with E-state index in [0.717, 1.165) is 6.42 Å². The van der Waals surface area contributed by atoms with E-state index in [2.05, 4.69) is 61.5 Å². The second-order valence-electron chi connectivity index (χ2n) is 5.89. The molecule has 1 aliphatic rings. The molecule has 2 aromatic carbocycles. The molecule has 0 heterocycles. The molecule has 3 rings (SSSR count). The van der Waals surface area contributed by atoms with Gasteiger partial charge in [0.25, 0.3) is 0 Å². The Morgan fingerprint density at radius 2 is 1.60 bits per heavy atom. The summed E-state index contributed by atoms with van der Waals surface area (Å²) in [6.07, 6.45) is 2.18. The zero-order valence-electron chi connectivity index (χ0n) is 12.0. The summed E-state index contributed by atoms with van der Waals surface area (Å²) < 4.78 is 0. The first-order valence-electron chi connectivity index (χ1n) is 7.53. The number of aliphatic hydroxyl groups excluding tert-OH is 1. The maximum Gasteiger partial charge on any atom is 0.0530 e. The molecule has 0 aromatic heterocycles. The molecule has 1 heteroatoms. The fourth-order valence-corrected chi connectivity index (χ4v) is 3.65. The molecule has 0 radical (unpaired) electrons. The molecule has 0 aliphatic heterocycles. The third-order valence-electron chi connectivity index (χ3n) is 4.99. The Labute approximate surface area is 121 Å². The van der Waals surface area contributed by atoms with Gasteiger partial charge in [-0.2, -0.15) is 0 Å². The first-order chi connectivity index (χ1) is 9.81. The third-order valence-corrected chi connectivity index (χ3v) is 4.99. The van der Waals surface area contributed by atoms with Gasteiger partial charge >= 0.3 is 0 Å². The fourth-order valence-electron chi connectivity index (χ4n) is 3.65. The van der Waals surface area contributed by atoms with Crippen molar-refractivity contribution < 1.29 is 5.11 Å². The third kappa shape index (κ3) is 2.16. The van der Waals surface area contributed by atoms with Crippen LogP contribution >= 0.6 is 0 Å². The summed E-state index contributed by atoms with van der Waals surface area (Å²) in [6.45, 7) is 2.44. The van der Waals surface area contributed by atoms with Gasteiger partial charge in [-0.3, -0.25) is 0 Å². The van der Waals surface area contributed by atoms with Crippen molar-refractivity contribution in [2.24, 2.45) is 5.92 Å². The normalized spacial score (nSPS) is 24.1. The topological polar surface area (TPSA) is 20.2 Å². The van der Waals surface area contributed by atoms with Crippen LogP contribution in [0.5, 0.6) is 0 Å². The van der Waals surface area contributed by atoms with Crippen molar-refractivity contribution in [1.29, 1.82) is 0 Å². The Balaban J connectivity index is 1.90. The van der Waals surface area contributed by atoms with E-state index in [1.807, 2.05) is 6.07 Å². The van der Waals surface area contributed by atoms with E-state index in [4.69, 9.17) is 0 Å². The molecule has 20 heavy (non-hydrogen) atoms. The molecule has 2 aromatic rings. The molecular formula is C19H22O. The van der Waals surface area contributed by atoms with Crippen molar-refractivity contribution in [3.63, 3.8) is 0 Å². The van der Waals surface area contributed by atoms with Gasteiger partial charge < -0.3 is 5.11 Å². The monoisotopic (exact) mass is 266 g/mol. The number of hydrogen-bond acceptors (Lipinski definition) is 1. The first-order valence-corrected chi connectivity index (χ1v) is 7.53. The van der Waals surface area contributed by atoms with Crippen LogP contribution in [0.2, 0.25) is 0 Å². The average molecular weight is 266 g/mol. The number of hydrogen-bond donors (Lipinski definition) is 1. The van der Waals surface area contributed by atoms with E-state index in [-0.39, 0.29) is 12.0 Å². The minimum atomic E-state index is -0.0816. The Kier molecular flexibility index (Phi) is 3.62. The minimum absolute atomic E-state index is 0.0816. The Bertz CT molecular complexity index is 542. The molecule has 1 nitrogen and oxygen atoms in total. The van der Waals surface area contributed by atoms with Crippen LogP contribution in [-0.4, -0.2) is 11.7 Å². The van der Waals surface area contributed by atoms with E-state index in [0.29, 0.717) is 11.8 Å². The molecule has 0 spiro atoms. The lowest BCUT2D eigenvalue weighted by molar-refractivity contribution is 0.165. The van der Waals surface area contributed by atoms with Gasteiger partial charge in [0, 0.05) is 5.41 Å². The molecule has 1 N–H and O–H groups in total. The van der Waals surface area contributed by atoms with Gasteiger partial charge in [-0.15, -0.1) is 0 Å². The fraction of sp³-hybridized carbons (Fsp3) is 0.368. The largest absolute Gasteiger partial charge is 0.395 e. The molecule has 3 unspecified atom stereocenters. The summed E-state index contributed by atoms with van der Waals surface area (Å²) in [5.74, 6) is 1.16. The van der Waals surface area contributed by atoms with Gasteiger partial charge in [0.1, 0.15) is 0 Å². The van der Waals surface area contributed by atoms with Crippen molar-refractivity contribution in [2.45, 2.75) is 31.1 Å². The Hall–Kier alpha value is -1.60. The van der Waals surface area contributed by atoms with Gasteiger partial charge in [-0.25, -0.2) is 0 Å². The van der Waals surface area contributed by atoms with Crippen LogP contribution < -0.4 is 0 Å². The summed E-state index contributed by atoms with van der Waals surface area (Å²) >= 11 is 0. The van der Waals surface area contributed by atoms with Crippen LogP contribution in [0.4, 0.5) is 0 Å². The van der Waals surface area contributed by atoms with Crippen molar-refractivity contribution >= 4 is 0 Å². The van der Waals surface area contributed by atoms with Gasteiger partial charge in [0.2, 0.25) is 0 Å². The van der Waals surface area contributed by atoms with Crippen LogP contribution in [0.3, 0.4) is 0 Å².